The molecular weight excluding hydrogens is 326 g/mol. The Labute approximate surface area is 152 Å². The van der Waals surface area contributed by atoms with E-state index >= 15 is 0 Å². The van der Waals surface area contributed by atoms with Crippen LogP contribution in [0.5, 0.6) is 0 Å². The van der Waals surface area contributed by atoms with Crippen LogP contribution < -0.4 is 0 Å². The minimum Gasteiger partial charge on any atom is -0.469 e. The fourth-order valence-electron chi connectivity index (χ4n) is 4.48. The molecule has 26 heavy (non-hydrogen) atoms. The number of para-hydroxylation sites is 2. The molecule has 1 aromatic carbocycles. The van der Waals surface area contributed by atoms with Gasteiger partial charge in [-0.3, -0.25) is 4.79 Å². The number of benzene rings is 1. The number of imidazole rings is 1. The highest BCUT2D eigenvalue weighted by atomic mass is 16.3. The van der Waals surface area contributed by atoms with Gasteiger partial charge >= 0.3 is 0 Å². The Morgan fingerprint density at radius 1 is 1.27 bits per heavy atom. The van der Waals surface area contributed by atoms with Crippen molar-refractivity contribution in [3.8, 4) is 0 Å². The minimum atomic E-state index is 0.0706. The molecule has 2 aliphatic rings. The molecule has 1 saturated carbocycles. The lowest BCUT2D eigenvalue weighted by Gasteiger charge is -2.25. The number of fused-ring (bicyclic) bond motifs is 1. The van der Waals surface area contributed by atoms with Gasteiger partial charge in [-0.1, -0.05) is 12.1 Å². The topological polar surface area (TPSA) is 51.3 Å². The van der Waals surface area contributed by atoms with Crippen LogP contribution in [0.1, 0.15) is 49.7 Å². The van der Waals surface area contributed by atoms with Crippen LogP contribution in [0.4, 0.5) is 0 Å². The van der Waals surface area contributed by atoms with E-state index in [-0.39, 0.29) is 23.8 Å². The number of rotatable bonds is 4. The SMILES string of the molecule is CCn1c(C2CCCN2C(=O)C2CC2c2ccco2)nc2ccccc21. The van der Waals surface area contributed by atoms with E-state index in [0.717, 1.165) is 55.0 Å². The molecule has 0 radical (unpaired) electrons. The van der Waals surface area contributed by atoms with E-state index in [1.807, 2.05) is 18.2 Å². The highest BCUT2D eigenvalue weighted by Crippen LogP contribution is 2.50. The Morgan fingerprint density at radius 2 is 2.15 bits per heavy atom. The normalized spacial score (nSPS) is 25.1. The first-order valence-corrected chi connectivity index (χ1v) is 9.57. The summed E-state index contributed by atoms with van der Waals surface area (Å²) in [7, 11) is 0. The summed E-state index contributed by atoms with van der Waals surface area (Å²) in [4.78, 5) is 20.1. The molecule has 1 aliphatic heterocycles. The number of carbonyl (C=O) groups is 1. The third-order valence-electron chi connectivity index (χ3n) is 5.85. The number of hydrogen-bond donors (Lipinski definition) is 0. The van der Waals surface area contributed by atoms with Gasteiger partial charge in [0.25, 0.3) is 0 Å². The fraction of sp³-hybridized carbons (Fsp3) is 0.429. The van der Waals surface area contributed by atoms with Gasteiger partial charge in [-0.2, -0.15) is 0 Å². The third-order valence-corrected chi connectivity index (χ3v) is 5.85. The van der Waals surface area contributed by atoms with E-state index in [4.69, 9.17) is 9.40 Å². The van der Waals surface area contributed by atoms with Crippen molar-refractivity contribution >= 4 is 16.9 Å². The zero-order chi connectivity index (χ0) is 17.7. The number of furan rings is 1. The summed E-state index contributed by atoms with van der Waals surface area (Å²) in [6, 6.07) is 12.2. The summed E-state index contributed by atoms with van der Waals surface area (Å²) >= 11 is 0. The molecule has 3 aromatic rings. The van der Waals surface area contributed by atoms with Gasteiger partial charge in [-0.15, -0.1) is 0 Å². The van der Waals surface area contributed by atoms with Gasteiger partial charge in [0, 0.05) is 24.9 Å². The largest absolute Gasteiger partial charge is 0.469 e. The molecule has 134 valence electrons. The summed E-state index contributed by atoms with van der Waals surface area (Å²) in [5, 5.41) is 0. The number of aryl methyl sites for hydroxylation is 1. The Kier molecular flexibility index (Phi) is 3.62. The van der Waals surface area contributed by atoms with Crippen LogP contribution >= 0.6 is 0 Å². The van der Waals surface area contributed by atoms with Crippen molar-refractivity contribution in [2.75, 3.05) is 6.54 Å². The number of carbonyl (C=O) groups excluding carboxylic acids is 1. The summed E-state index contributed by atoms with van der Waals surface area (Å²) in [6.45, 7) is 3.84. The lowest BCUT2D eigenvalue weighted by Crippen LogP contribution is -2.33. The zero-order valence-electron chi connectivity index (χ0n) is 15.0. The van der Waals surface area contributed by atoms with Gasteiger partial charge in [0.1, 0.15) is 11.6 Å². The van der Waals surface area contributed by atoms with Crippen LogP contribution in [0.15, 0.2) is 47.1 Å². The Hall–Kier alpha value is -2.56. The minimum absolute atomic E-state index is 0.0706. The van der Waals surface area contributed by atoms with Gasteiger partial charge in [-0.05, 0) is 50.5 Å². The van der Waals surface area contributed by atoms with Gasteiger partial charge in [0.2, 0.25) is 5.91 Å². The molecule has 1 saturated heterocycles. The number of amides is 1. The van der Waals surface area contributed by atoms with E-state index in [9.17, 15) is 4.79 Å². The lowest BCUT2D eigenvalue weighted by molar-refractivity contribution is -0.133. The van der Waals surface area contributed by atoms with Crippen molar-refractivity contribution in [1.82, 2.24) is 14.5 Å². The summed E-state index contributed by atoms with van der Waals surface area (Å²) in [5.74, 6) is 2.57. The van der Waals surface area contributed by atoms with Crippen LogP contribution in [-0.4, -0.2) is 26.9 Å². The summed E-state index contributed by atoms with van der Waals surface area (Å²) in [5.41, 5.74) is 2.17. The molecule has 0 bridgehead atoms. The zero-order valence-corrected chi connectivity index (χ0v) is 15.0. The van der Waals surface area contributed by atoms with Crippen LogP contribution in [0.2, 0.25) is 0 Å². The average molecular weight is 349 g/mol. The monoisotopic (exact) mass is 349 g/mol. The maximum atomic E-state index is 13.2. The molecule has 5 nitrogen and oxygen atoms in total. The van der Waals surface area contributed by atoms with Crippen molar-refractivity contribution in [2.45, 2.75) is 44.7 Å². The summed E-state index contributed by atoms with van der Waals surface area (Å²) < 4.78 is 7.77. The second-order valence-electron chi connectivity index (χ2n) is 7.36. The highest BCUT2D eigenvalue weighted by molar-refractivity contribution is 5.84. The van der Waals surface area contributed by atoms with Gasteiger partial charge in [0.05, 0.1) is 23.3 Å². The summed E-state index contributed by atoms with van der Waals surface area (Å²) in [6.07, 6.45) is 4.63. The fourth-order valence-corrected chi connectivity index (χ4v) is 4.48. The van der Waals surface area contributed by atoms with Crippen molar-refractivity contribution in [2.24, 2.45) is 5.92 Å². The molecule has 3 unspecified atom stereocenters. The predicted molar refractivity (Wildman–Crippen MR) is 98.7 cm³/mol. The maximum Gasteiger partial charge on any atom is 0.227 e. The average Bonchev–Trinajstić information content (AvgIpc) is 3.08. The van der Waals surface area contributed by atoms with Crippen LogP contribution in [0.3, 0.4) is 0 Å². The molecule has 0 N–H and O–H groups in total. The Morgan fingerprint density at radius 3 is 2.96 bits per heavy atom. The van der Waals surface area contributed by atoms with Crippen LogP contribution in [0, 0.1) is 5.92 Å². The van der Waals surface area contributed by atoms with Crippen LogP contribution in [0.25, 0.3) is 11.0 Å². The van der Waals surface area contributed by atoms with Crippen molar-refractivity contribution in [1.29, 1.82) is 0 Å². The maximum absolute atomic E-state index is 13.2. The Balaban J connectivity index is 1.44. The molecule has 0 spiro atoms. The molecule has 5 rings (SSSR count). The van der Waals surface area contributed by atoms with E-state index < -0.39 is 0 Å². The molecule has 5 heteroatoms. The van der Waals surface area contributed by atoms with Gasteiger partial charge in [0.15, 0.2) is 0 Å². The smallest absolute Gasteiger partial charge is 0.227 e. The van der Waals surface area contributed by atoms with Gasteiger partial charge < -0.3 is 13.9 Å². The molecule has 2 aromatic heterocycles. The van der Waals surface area contributed by atoms with Crippen molar-refractivity contribution < 1.29 is 9.21 Å². The molecular formula is C21H23N3O2. The first kappa shape index (κ1) is 15.7. The Bertz CT molecular complexity index is 943. The second-order valence-corrected chi connectivity index (χ2v) is 7.36. The molecule has 3 heterocycles. The predicted octanol–water partition coefficient (Wildman–Crippen LogP) is 4.12. The molecule has 1 amide bonds. The van der Waals surface area contributed by atoms with E-state index in [1.165, 1.54) is 0 Å². The number of likely N-dealkylation sites (tertiary alicyclic amines) is 1. The third kappa shape index (κ3) is 2.37. The van der Waals surface area contributed by atoms with Crippen molar-refractivity contribution in [3.63, 3.8) is 0 Å². The number of aromatic nitrogens is 2. The molecule has 1 aliphatic carbocycles. The highest BCUT2D eigenvalue weighted by Gasteiger charge is 2.49. The standard InChI is InChI=1S/C21H23N3O2/c1-2-23-17-8-4-3-7-16(17)22-20(23)18-9-5-11-24(18)21(25)15-13-14(15)19-10-6-12-26-19/h3-4,6-8,10,12,14-15,18H,2,5,9,11,13H2,1H3. The molecule has 3 atom stereocenters. The van der Waals surface area contributed by atoms with E-state index in [1.54, 1.807) is 6.26 Å². The van der Waals surface area contributed by atoms with Crippen molar-refractivity contribution in [3.05, 3.63) is 54.2 Å². The quantitative estimate of drug-likeness (QED) is 0.712. The first-order chi connectivity index (χ1) is 12.8. The van der Waals surface area contributed by atoms with E-state index in [2.05, 4.69) is 34.6 Å². The van der Waals surface area contributed by atoms with Crippen LogP contribution in [-0.2, 0) is 11.3 Å². The van der Waals surface area contributed by atoms with E-state index in [0.29, 0.717) is 0 Å². The number of nitrogens with zero attached hydrogens (tertiary/aromatic N) is 3. The van der Waals surface area contributed by atoms with Gasteiger partial charge in [-0.25, -0.2) is 4.98 Å². The molecule has 2 fully saturated rings. The number of hydrogen-bond acceptors (Lipinski definition) is 3. The first-order valence-electron chi connectivity index (χ1n) is 9.57. The second kappa shape index (κ2) is 6.01. The lowest BCUT2D eigenvalue weighted by atomic mass is 10.2.